The largest absolute Gasteiger partial charge is 0.461 e. The number of hydrogen-bond acceptors (Lipinski definition) is 5. The Bertz CT molecular complexity index is 362. The van der Waals surface area contributed by atoms with E-state index in [9.17, 15) is 9.18 Å². The van der Waals surface area contributed by atoms with Crippen LogP contribution < -0.4 is 0 Å². The molecule has 76 valence electrons. The number of carbonyl (C=O) groups is 1. The van der Waals surface area contributed by atoms with Crippen molar-refractivity contribution >= 4 is 23.4 Å². The molecular weight excluding hydrogens is 207 g/mol. The average Bonchev–Trinajstić information content (AvgIpc) is 2.51. The maximum absolute atomic E-state index is 13.0. The van der Waals surface area contributed by atoms with Crippen LogP contribution >= 0.6 is 11.3 Å². The van der Waals surface area contributed by atoms with E-state index >= 15 is 0 Å². The van der Waals surface area contributed by atoms with Crippen LogP contribution in [0.25, 0.3) is 6.08 Å². The van der Waals surface area contributed by atoms with Crippen LogP contribution in [-0.4, -0.2) is 22.8 Å². The molecular formula is C8H9FN2O2S. The third-order valence-electron chi connectivity index (χ3n) is 1.26. The van der Waals surface area contributed by atoms with E-state index in [4.69, 9.17) is 0 Å². The van der Waals surface area contributed by atoms with Gasteiger partial charge in [-0.2, -0.15) is 4.39 Å². The van der Waals surface area contributed by atoms with Crippen molar-refractivity contribution < 1.29 is 13.9 Å². The number of nitrogens with zero attached hydrogens (tertiary/aromatic N) is 2. The van der Waals surface area contributed by atoms with Crippen LogP contribution in [0.15, 0.2) is 5.83 Å². The lowest BCUT2D eigenvalue weighted by molar-refractivity contribution is -0.140. The van der Waals surface area contributed by atoms with Gasteiger partial charge in [0.1, 0.15) is 10.0 Å². The van der Waals surface area contributed by atoms with E-state index < -0.39 is 11.8 Å². The van der Waals surface area contributed by atoms with Crippen molar-refractivity contribution in [2.75, 3.05) is 6.61 Å². The van der Waals surface area contributed by atoms with Gasteiger partial charge in [0.25, 0.3) is 0 Å². The van der Waals surface area contributed by atoms with Gasteiger partial charge in [0.05, 0.1) is 6.61 Å². The van der Waals surface area contributed by atoms with Gasteiger partial charge in [0.2, 0.25) is 5.83 Å². The molecule has 0 radical (unpaired) electrons. The molecule has 14 heavy (non-hydrogen) atoms. The molecule has 0 amide bonds. The number of halogens is 1. The van der Waals surface area contributed by atoms with Crippen LogP contribution in [0.1, 0.15) is 16.9 Å². The zero-order valence-electron chi connectivity index (χ0n) is 7.78. The third-order valence-corrected chi connectivity index (χ3v) is 2.05. The number of aromatic nitrogens is 2. The summed E-state index contributed by atoms with van der Waals surface area (Å²) in [7, 11) is 0. The lowest BCUT2D eigenvalue weighted by atomic mass is 10.5. The maximum Gasteiger partial charge on any atom is 0.367 e. The van der Waals surface area contributed by atoms with E-state index in [2.05, 4.69) is 14.9 Å². The fourth-order valence-corrected chi connectivity index (χ4v) is 1.37. The van der Waals surface area contributed by atoms with Crippen molar-refractivity contribution in [3.63, 3.8) is 0 Å². The van der Waals surface area contributed by atoms with Gasteiger partial charge in [0, 0.05) is 6.08 Å². The highest BCUT2D eigenvalue weighted by molar-refractivity contribution is 7.12. The standard InChI is InChI=1S/C8H9FN2O2S/c1-3-13-8(12)6(9)4-7-11-10-5(2)14-7/h4H,3H2,1-2H3/b6-4+. The van der Waals surface area contributed by atoms with Crippen molar-refractivity contribution in [3.8, 4) is 0 Å². The second-order valence-electron chi connectivity index (χ2n) is 2.37. The van der Waals surface area contributed by atoms with Crippen molar-refractivity contribution in [3.05, 3.63) is 15.8 Å². The molecule has 4 nitrogen and oxygen atoms in total. The van der Waals surface area contributed by atoms with Crippen molar-refractivity contribution in [2.24, 2.45) is 0 Å². The molecule has 0 atom stereocenters. The van der Waals surface area contributed by atoms with Crippen molar-refractivity contribution in [1.82, 2.24) is 10.2 Å². The summed E-state index contributed by atoms with van der Waals surface area (Å²) in [6.45, 7) is 3.51. The van der Waals surface area contributed by atoms with Crippen LogP contribution in [0.2, 0.25) is 0 Å². The summed E-state index contributed by atoms with van der Waals surface area (Å²) in [5, 5.41) is 8.39. The first-order valence-corrected chi connectivity index (χ1v) is 4.79. The van der Waals surface area contributed by atoms with Gasteiger partial charge < -0.3 is 4.74 Å². The van der Waals surface area contributed by atoms with E-state index in [0.717, 1.165) is 6.08 Å². The Hall–Kier alpha value is -1.30. The summed E-state index contributed by atoms with van der Waals surface area (Å²) in [6, 6.07) is 0. The Kier molecular flexibility index (Phi) is 3.70. The van der Waals surface area contributed by atoms with Crippen LogP contribution in [0.3, 0.4) is 0 Å². The molecule has 0 bridgehead atoms. The quantitative estimate of drug-likeness (QED) is 0.570. The molecule has 0 aliphatic rings. The highest BCUT2D eigenvalue weighted by Crippen LogP contribution is 2.13. The number of carbonyl (C=O) groups excluding carboxylic acids is 1. The molecule has 0 spiro atoms. The normalized spacial score (nSPS) is 11.5. The SMILES string of the molecule is CCOC(=O)/C(F)=C\c1nnc(C)s1. The van der Waals surface area contributed by atoms with Gasteiger partial charge in [-0.3, -0.25) is 0 Å². The first kappa shape index (κ1) is 10.8. The van der Waals surface area contributed by atoms with E-state index in [1.54, 1.807) is 13.8 Å². The summed E-state index contributed by atoms with van der Waals surface area (Å²) in [5.41, 5.74) is 0. The van der Waals surface area contributed by atoms with Crippen LogP contribution in [0.4, 0.5) is 4.39 Å². The van der Waals surface area contributed by atoms with Crippen LogP contribution in [-0.2, 0) is 9.53 Å². The number of rotatable bonds is 3. The molecule has 0 N–H and O–H groups in total. The van der Waals surface area contributed by atoms with Gasteiger partial charge in [-0.05, 0) is 13.8 Å². The van der Waals surface area contributed by atoms with E-state index in [-0.39, 0.29) is 6.61 Å². The number of esters is 1. The van der Waals surface area contributed by atoms with Gasteiger partial charge in [-0.25, -0.2) is 4.79 Å². The number of aryl methyl sites for hydroxylation is 1. The number of hydrogen-bond donors (Lipinski definition) is 0. The summed E-state index contributed by atoms with van der Waals surface area (Å²) < 4.78 is 17.5. The van der Waals surface area contributed by atoms with Gasteiger partial charge in [-0.15, -0.1) is 10.2 Å². The molecule has 6 heteroatoms. The summed E-state index contributed by atoms with van der Waals surface area (Å²) in [6.07, 6.45) is 1.02. The Balaban J connectivity index is 2.73. The summed E-state index contributed by atoms with van der Waals surface area (Å²) >= 11 is 1.21. The van der Waals surface area contributed by atoms with Crippen LogP contribution in [0.5, 0.6) is 0 Å². The molecule has 0 aromatic carbocycles. The molecule has 0 unspecified atom stereocenters. The van der Waals surface area contributed by atoms with Crippen molar-refractivity contribution in [2.45, 2.75) is 13.8 Å². The molecule has 1 heterocycles. The molecule has 1 rings (SSSR count). The van der Waals surface area contributed by atoms with E-state index in [0.29, 0.717) is 10.0 Å². The Labute approximate surface area is 84.4 Å². The predicted octanol–water partition coefficient (Wildman–Crippen LogP) is 1.72. The molecule has 0 saturated heterocycles. The third kappa shape index (κ3) is 2.88. The fraction of sp³-hybridized carbons (Fsp3) is 0.375. The molecule has 1 aromatic heterocycles. The first-order chi connectivity index (χ1) is 6.63. The highest BCUT2D eigenvalue weighted by atomic mass is 32.1. The second kappa shape index (κ2) is 4.80. The summed E-state index contributed by atoms with van der Waals surface area (Å²) in [5.74, 6) is -1.93. The zero-order valence-corrected chi connectivity index (χ0v) is 8.60. The highest BCUT2D eigenvalue weighted by Gasteiger charge is 2.10. The smallest absolute Gasteiger partial charge is 0.367 e. The second-order valence-corrected chi connectivity index (χ2v) is 3.59. The van der Waals surface area contributed by atoms with E-state index in [1.807, 2.05) is 0 Å². The van der Waals surface area contributed by atoms with Gasteiger partial charge in [0.15, 0.2) is 0 Å². The molecule has 0 aliphatic heterocycles. The maximum atomic E-state index is 13.0. The van der Waals surface area contributed by atoms with Gasteiger partial charge in [-0.1, -0.05) is 11.3 Å². The number of ether oxygens (including phenoxy) is 1. The topological polar surface area (TPSA) is 52.1 Å². The lowest BCUT2D eigenvalue weighted by Gasteiger charge is -1.96. The monoisotopic (exact) mass is 216 g/mol. The molecule has 0 fully saturated rings. The van der Waals surface area contributed by atoms with Crippen molar-refractivity contribution in [1.29, 1.82) is 0 Å². The van der Waals surface area contributed by atoms with E-state index in [1.165, 1.54) is 11.3 Å². The Morgan fingerprint density at radius 3 is 2.86 bits per heavy atom. The Morgan fingerprint density at radius 1 is 1.64 bits per heavy atom. The predicted molar refractivity (Wildman–Crippen MR) is 50.4 cm³/mol. The van der Waals surface area contributed by atoms with Crippen LogP contribution in [0, 0.1) is 6.92 Å². The lowest BCUT2D eigenvalue weighted by Crippen LogP contribution is -2.03. The zero-order chi connectivity index (χ0) is 10.6. The molecule has 0 saturated carbocycles. The molecule has 1 aromatic rings. The minimum atomic E-state index is -0.972. The molecule has 0 aliphatic carbocycles. The average molecular weight is 216 g/mol. The first-order valence-electron chi connectivity index (χ1n) is 3.98. The minimum Gasteiger partial charge on any atom is -0.461 e. The fourth-order valence-electron chi connectivity index (χ4n) is 0.738. The Morgan fingerprint density at radius 2 is 2.36 bits per heavy atom. The minimum absolute atomic E-state index is 0.148. The summed E-state index contributed by atoms with van der Waals surface area (Å²) in [4.78, 5) is 10.8. The van der Waals surface area contributed by atoms with Gasteiger partial charge >= 0.3 is 5.97 Å².